The van der Waals surface area contributed by atoms with Gasteiger partial charge in [-0.25, -0.2) is 0 Å². The molecule has 9 nitrogen and oxygen atoms in total. The van der Waals surface area contributed by atoms with Gasteiger partial charge in [-0.15, -0.1) is 0 Å². The first-order chi connectivity index (χ1) is 13.1. The average Bonchev–Trinajstić information content (AvgIpc) is 2.64. The summed E-state index contributed by atoms with van der Waals surface area (Å²) in [4.78, 5) is -1.06. The Labute approximate surface area is 168 Å². The molecule has 4 N–H and O–H groups in total. The van der Waals surface area contributed by atoms with Crippen LogP contribution < -0.4 is 14.8 Å². The Morgan fingerprint density at radius 2 is 1.43 bits per heavy atom. The van der Waals surface area contributed by atoms with Crippen molar-refractivity contribution in [1.82, 2.24) is 10.6 Å². The van der Waals surface area contributed by atoms with Crippen LogP contribution in [0.5, 0.6) is 11.5 Å². The molecular weight excluding hydrogens is 432 g/mol. The number of hydrogen-bond donors (Lipinski definition) is 4. The van der Waals surface area contributed by atoms with E-state index in [4.69, 9.17) is 20.3 Å². The maximum atomic E-state index is 12.0. The van der Waals surface area contributed by atoms with E-state index < -0.39 is 30.9 Å². The van der Waals surface area contributed by atoms with Crippen molar-refractivity contribution in [2.75, 3.05) is 26.2 Å². The molecule has 0 atom stereocenters. The average molecular weight is 451 g/mol. The van der Waals surface area contributed by atoms with E-state index in [1.807, 2.05) is 0 Å². The molecule has 2 aromatic rings. The number of benzene rings is 2. The zero-order valence-corrected chi connectivity index (χ0v) is 16.9. The van der Waals surface area contributed by atoms with Gasteiger partial charge in [-0.3, -0.25) is 4.55 Å². The zero-order valence-electron chi connectivity index (χ0n) is 14.5. The minimum atomic E-state index is -4.72. The highest BCUT2D eigenvalue weighted by Gasteiger charge is 2.21. The summed E-state index contributed by atoms with van der Waals surface area (Å²) in [5.41, 5.74) is 0. The lowest BCUT2D eigenvalue weighted by Crippen LogP contribution is -2.39. The first kappa shape index (κ1) is 22.4. The summed E-state index contributed by atoms with van der Waals surface area (Å²) in [6, 6.07) is 7.73. The topological polar surface area (TPSA) is 142 Å². The number of piperazine rings is 1. The monoisotopic (exact) mass is 450 g/mol. The van der Waals surface area contributed by atoms with Crippen LogP contribution in [0.2, 0.25) is 5.02 Å². The van der Waals surface area contributed by atoms with Crippen LogP contribution in [0.4, 0.5) is 0 Å². The zero-order chi connectivity index (χ0) is 20.8. The predicted octanol–water partition coefficient (Wildman–Crippen LogP) is 1.24. The van der Waals surface area contributed by atoms with E-state index in [0.29, 0.717) is 11.1 Å². The highest BCUT2D eigenvalue weighted by Crippen LogP contribution is 2.29. The van der Waals surface area contributed by atoms with E-state index >= 15 is 0 Å². The predicted molar refractivity (Wildman–Crippen MR) is 103 cm³/mol. The molecule has 1 fully saturated rings. The van der Waals surface area contributed by atoms with Gasteiger partial charge < -0.3 is 19.9 Å². The molecule has 0 amide bonds. The number of hydrogen-bond acceptors (Lipinski definition) is 8. The number of rotatable bonds is 4. The Morgan fingerprint density at radius 3 is 1.89 bits per heavy atom. The van der Waals surface area contributed by atoms with Gasteiger partial charge in [0.1, 0.15) is 21.3 Å². The van der Waals surface area contributed by atoms with Gasteiger partial charge >= 0.3 is 10.1 Å². The molecule has 0 saturated carbocycles. The molecule has 0 aliphatic carbocycles. The molecular formula is C16H19ClN2O7S2. The summed E-state index contributed by atoms with van der Waals surface area (Å²) >= 11 is 5.65. The number of halogens is 1. The quantitative estimate of drug-likeness (QED) is 0.399. The van der Waals surface area contributed by atoms with Gasteiger partial charge in [0, 0.05) is 37.3 Å². The minimum absolute atomic E-state index is 0.196. The molecule has 154 valence electrons. The van der Waals surface area contributed by atoms with Crippen LogP contribution in [0.3, 0.4) is 0 Å². The number of phenolic OH excluding ortho intramolecular Hbond substituents is 1. The van der Waals surface area contributed by atoms with Crippen molar-refractivity contribution in [2.24, 2.45) is 0 Å². The summed E-state index contributed by atoms with van der Waals surface area (Å²) < 4.78 is 59.8. The van der Waals surface area contributed by atoms with E-state index in [9.17, 15) is 21.9 Å². The van der Waals surface area contributed by atoms with Crippen molar-refractivity contribution in [3.05, 3.63) is 47.5 Å². The van der Waals surface area contributed by atoms with Crippen LogP contribution in [-0.2, 0) is 20.2 Å². The SMILES string of the molecule is C1CNCCN1.O=S(=O)(O)c1cc(OS(=O)(=O)c2ccc(Cl)cc2)ccc1O. The van der Waals surface area contributed by atoms with E-state index in [1.165, 1.54) is 24.3 Å². The van der Waals surface area contributed by atoms with Crippen molar-refractivity contribution in [1.29, 1.82) is 0 Å². The third-order valence-electron chi connectivity index (χ3n) is 3.47. The Hall–Kier alpha value is -1.89. The molecule has 0 aromatic heterocycles. The van der Waals surface area contributed by atoms with Crippen molar-refractivity contribution in [2.45, 2.75) is 9.79 Å². The van der Waals surface area contributed by atoms with Crippen LogP contribution in [0, 0.1) is 0 Å². The van der Waals surface area contributed by atoms with Crippen LogP contribution in [-0.4, -0.2) is 52.7 Å². The van der Waals surface area contributed by atoms with E-state index in [0.717, 1.165) is 38.3 Å². The molecule has 1 saturated heterocycles. The first-order valence-electron chi connectivity index (χ1n) is 8.01. The van der Waals surface area contributed by atoms with Crippen LogP contribution in [0.1, 0.15) is 0 Å². The summed E-state index contributed by atoms with van der Waals surface area (Å²) in [6.07, 6.45) is 0. The maximum Gasteiger partial charge on any atom is 0.339 e. The molecule has 0 radical (unpaired) electrons. The van der Waals surface area contributed by atoms with E-state index in [-0.39, 0.29) is 10.6 Å². The van der Waals surface area contributed by atoms with Gasteiger partial charge in [-0.2, -0.15) is 16.8 Å². The third-order valence-corrected chi connectivity index (χ3v) is 5.87. The van der Waals surface area contributed by atoms with E-state index in [2.05, 4.69) is 10.6 Å². The molecule has 12 heteroatoms. The molecule has 0 unspecified atom stereocenters. The molecule has 0 bridgehead atoms. The molecule has 0 spiro atoms. The molecule has 2 aromatic carbocycles. The Kier molecular flexibility index (Phi) is 7.63. The van der Waals surface area contributed by atoms with Crippen LogP contribution in [0.15, 0.2) is 52.3 Å². The summed E-state index contributed by atoms with van der Waals surface area (Å²) in [6.45, 7) is 4.56. The van der Waals surface area contributed by atoms with Crippen molar-refractivity contribution < 1.29 is 30.7 Å². The lowest BCUT2D eigenvalue weighted by molar-refractivity contribution is 0.438. The van der Waals surface area contributed by atoms with Crippen LogP contribution in [0.25, 0.3) is 0 Å². The summed E-state index contributed by atoms with van der Waals surface area (Å²) in [5, 5.41) is 16.1. The number of phenols is 1. The van der Waals surface area contributed by atoms with Crippen molar-refractivity contribution >= 4 is 31.8 Å². The smallest absolute Gasteiger partial charge is 0.339 e. The largest absolute Gasteiger partial charge is 0.506 e. The Balaban J connectivity index is 0.000000397. The highest BCUT2D eigenvalue weighted by atomic mass is 35.5. The number of aromatic hydroxyl groups is 1. The lowest BCUT2D eigenvalue weighted by Gasteiger charge is -2.11. The van der Waals surface area contributed by atoms with Crippen molar-refractivity contribution in [3.63, 3.8) is 0 Å². The lowest BCUT2D eigenvalue weighted by atomic mass is 10.3. The normalized spacial score (nSPS) is 14.6. The summed E-state index contributed by atoms with van der Waals surface area (Å²) in [7, 11) is -8.95. The molecule has 1 aliphatic rings. The molecule has 1 heterocycles. The second-order valence-electron chi connectivity index (χ2n) is 5.60. The van der Waals surface area contributed by atoms with E-state index in [1.54, 1.807) is 0 Å². The highest BCUT2D eigenvalue weighted by molar-refractivity contribution is 7.87. The summed E-state index contributed by atoms with van der Waals surface area (Å²) in [5.74, 6) is -1.13. The molecule has 1 aliphatic heterocycles. The Bertz CT molecular complexity index is 994. The van der Waals surface area contributed by atoms with Crippen LogP contribution >= 0.6 is 11.6 Å². The fourth-order valence-corrected chi connectivity index (χ4v) is 3.78. The fraction of sp³-hybridized carbons (Fsp3) is 0.250. The first-order valence-corrected chi connectivity index (χ1v) is 11.2. The molecule has 28 heavy (non-hydrogen) atoms. The second kappa shape index (κ2) is 9.54. The second-order valence-corrected chi connectivity index (χ2v) is 8.97. The van der Waals surface area contributed by atoms with Gasteiger partial charge in [0.2, 0.25) is 0 Å². The Morgan fingerprint density at radius 1 is 0.893 bits per heavy atom. The third kappa shape index (κ3) is 6.62. The van der Waals surface area contributed by atoms with Gasteiger partial charge in [0.25, 0.3) is 10.1 Å². The maximum absolute atomic E-state index is 12.0. The molecule has 3 rings (SSSR count). The van der Waals surface area contributed by atoms with Crippen molar-refractivity contribution in [3.8, 4) is 11.5 Å². The number of nitrogens with one attached hydrogen (secondary N) is 2. The van der Waals surface area contributed by atoms with Gasteiger partial charge in [-0.05, 0) is 36.4 Å². The fourth-order valence-electron chi connectivity index (χ4n) is 2.13. The minimum Gasteiger partial charge on any atom is -0.506 e. The van der Waals surface area contributed by atoms with Gasteiger partial charge in [0.15, 0.2) is 0 Å². The van der Waals surface area contributed by atoms with Gasteiger partial charge in [-0.1, -0.05) is 11.6 Å². The standard InChI is InChI=1S/C12H9ClO7S2.C4H10N2/c13-8-1-4-10(5-2-8)22(18,19)20-9-3-6-11(14)12(7-9)21(15,16)17;1-2-6-4-3-5-1/h1-7,14H,(H,15,16,17);5-6H,1-4H2. The van der Waals surface area contributed by atoms with Gasteiger partial charge in [0.05, 0.1) is 0 Å².